The second-order valence-corrected chi connectivity index (χ2v) is 10.0. The maximum absolute atomic E-state index is 15.1. The summed E-state index contributed by atoms with van der Waals surface area (Å²) < 4.78 is 18.1. The zero-order chi connectivity index (χ0) is 29.4. The molecule has 0 saturated heterocycles. The van der Waals surface area contributed by atoms with Crippen molar-refractivity contribution >= 4 is 35.2 Å². The van der Waals surface area contributed by atoms with Gasteiger partial charge in [-0.25, -0.2) is 9.37 Å². The summed E-state index contributed by atoms with van der Waals surface area (Å²) in [5.41, 5.74) is 3.91. The monoisotopic (exact) mass is 586 g/mol. The predicted molar refractivity (Wildman–Crippen MR) is 152 cm³/mol. The summed E-state index contributed by atoms with van der Waals surface area (Å²) >= 11 is 6.04. The zero-order valence-electron chi connectivity index (χ0n) is 22.5. The molecule has 0 aliphatic carbocycles. The van der Waals surface area contributed by atoms with Gasteiger partial charge in [-0.05, 0) is 59.8 Å². The second-order valence-electron chi connectivity index (χ2n) is 9.64. The summed E-state index contributed by atoms with van der Waals surface area (Å²) in [4.78, 5) is 36.2. The molecule has 14 heteroatoms. The average molecular weight is 587 g/mol. The average Bonchev–Trinajstić information content (AvgIpc) is 3.77. The Balaban J connectivity index is 1.31. The van der Waals surface area contributed by atoms with Gasteiger partial charge in [0.05, 0.1) is 16.4 Å². The number of aromatic amines is 1. The number of hydrogen-bond acceptors (Lipinski definition) is 7. The number of hydrogen-bond donors (Lipinski definition) is 2. The van der Waals surface area contributed by atoms with Gasteiger partial charge in [0.1, 0.15) is 18.2 Å². The first-order valence-corrected chi connectivity index (χ1v) is 13.3. The van der Waals surface area contributed by atoms with E-state index in [1.807, 2.05) is 19.2 Å². The highest BCUT2D eigenvalue weighted by atomic mass is 35.5. The molecule has 12 nitrogen and oxygen atoms in total. The molecule has 0 spiro atoms. The van der Waals surface area contributed by atoms with Crippen LogP contribution in [-0.2, 0) is 23.1 Å². The molecule has 1 aliphatic heterocycles. The number of benzene rings is 2. The molecule has 6 rings (SSSR count). The van der Waals surface area contributed by atoms with Crippen molar-refractivity contribution in [3.05, 3.63) is 94.5 Å². The van der Waals surface area contributed by atoms with Crippen molar-refractivity contribution in [2.24, 2.45) is 7.05 Å². The molecule has 0 unspecified atom stereocenters. The molecule has 0 radical (unpaired) electrons. The molecule has 2 aromatic carbocycles. The number of nitrogens with one attached hydrogen (secondary N) is 2. The first-order valence-electron chi connectivity index (χ1n) is 12.9. The van der Waals surface area contributed by atoms with Gasteiger partial charge in [-0.2, -0.15) is 9.78 Å². The van der Waals surface area contributed by atoms with Gasteiger partial charge >= 0.3 is 0 Å². The third-order valence-electron chi connectivity index (χ3n) is 7.12. The summed E-state index contributed by atoms with van der Waals surface area (Å²) in [5.74, 6) is -0.911. The van der Waals surface area contributed by atoms with Crippen molar-refractivity contribution in [2.75, 3.05) is 11.9 Å². The summed E-state index contributed by atoms with van der Waals surface area (Å²) in [7, 11) is 1.81. The van der Waals surface area contributed by atoms with Gasteiger partial charge < -0.3 is 15.2 Å². The van der Waals surface area contributed by atoms with Crippen LogP contribution in [0, 0.1) is 12.7 Å². The van der Waals surface area contributed by atoms with Crippen molar-refractivity contribution in [1.82, 2.24) is 44.9 Å². The molecule has 1 aliphatic rings. The molecule has 0 fully saturated rings. The molecule has 212 valence electrons. The minimum absolute atomic E-state index is 0.0241. The number of carbonyl (C=O) groups excluding carboxylic acids is 2. The number of tetrazole rings is 1. The van der Waals surface area contributed by atoms with Crippen LogP contribution in [0.15, 0.2) is 61.2 Å². The van der Waals surface area contributed by atoms with Crippen molar-refractivity contribution in [3.8, 4) is 17.1 Å². The third kappa shape index (κ3) is 4.94. The van der Waals surface area contributed by atoms with E-state index in [-0.39, 0.29) is 17.1 Å². The van der Waals surface area contributed by atoms with Crippen LogP contribution in [0.1, 0.15) is 28.6 Å². The fourth-order valence-corrected chi connectivity index (χ4v) is 5.34. The van der Waals surface area contributed by atoms with Crippen LogP contribution in [0.2, 0.25) is 5.02 Å². The summed E-state index contributed by atoms with van der Waals surface area (Å²) in [6.07, 6.45) is 7.73. The second kappa shape index (κ2) is 11.0. The SMILES string of the molecule is Cc1nn(C)c2c1[C@@H](C(=O)Nc1ccc(-c3ncc[nH]3)cc1)N(C(=O)/C=C/c1c(-n3cnnn3)ccc(Cl)c1F)CC2. The summed E-state index contributed by atoms with van der Waals surface area (Å²) in [6, 6.07) is 9.17. The van der Waals surface area contributed by atoms with Crippen LogP contribution in [0.4, 0.5) is 10.1 Å². The Morgan fingerprint density at radius 1 is 1.19 bits per heavy atom. The van der Waals surface area contributed by atoms with Crippen molar-refractivity contribution in [2.45, 2.75) is 19.4 Å². The molecular weight excluding hydrogens is 563 g/mol. The van der Waals surface area contributed by atoms with Gasteiger partial charge in [0, 0.05) is 66.6 Å². The molecule has 0 bridgehead atoms. The van der Waals surface area contributed by atoms with Crippen molar-refractivity contribution in [3.63, 3.8) is 0 Å². The van der Waals surface area contributed by atoms with Crippen LogP contribution in [0.3, 0.4) is 0 Å². The molecule has 2 amide bonds. The fourth-order valence-electron chi connectivity index (χ4n) is 5.18. The molecule has 0 saturated carbocycles. The van der Waals surface area contributed by atoms with E-state index in [4.69, 9.17) is 11.6 Å². The van der Waals surface area contributed by atoms with E-state index in [0.29, 0.717) is 34.9 Å². The molecule has 4 heterocycles. The van der Waals surface area contributed by atoms with Crippen LogP contribution in [0.5, 0.6) is 0 Å². The lowest BCUT2D eigenvalue weighted by Crippen LogP contribution is -2.45. The minimum atomic E-state index is -0.965. The van der Waals surface area contributed by atoms with E-state index in [1.165, 1.54) is 34.1 Å². The van der Waals surface area contributed by atoms with E-state index in [2.05, 4.69) is 35.9 Å². The topological polar surface area (TPSA) is 140 Å². The molecule has 2 N–H and O–H groups in total. The Labute approximate surface area is 243 Å². The highest BCUT2D eigenvalue weighted by Crippen LogP contribution is 2.34. The van der Waals surface area contributed by atoms with Gasteiger partial charge in [0.15, 0.2) is 5.82 Å². The van der Waals surface area contributed by atoms with Crippen molar-refractivity contribution < 1.29 is 14.0 Å². The molecule has 1 atom stereocenters. The number of H-pyrrole nitrogens is 1. The quantitative estimate of drug-likeness (QED) is 0.289. The number of aryl methyl sites for hydroxylation is 2. The minimum Gasteiger partial charge on any atom is -0.345 e. The number of rotatable bonds is 6. The number of carbonyl (C=O) groups is 2. The number of fused-ring (bicyclic) bond motifs is 1. The largest absolute Gasteiger partial charge is 0.345 e. The fraction of sp³-hybridized carbons (Fsp3) is 0.179. The maximum atomic E-state index is 15.1. The third-order valence-corrected chi connectivity index (χ3v) is 7.41. The number of halogens is 2. The number of aromatic nitrogens is 8. The van der Waals surface area contributed by atoms with Gasteiger partial charge in [-0.3, -0.25) is 14.3 Å². The lowest BCUT2D eigenvalue weighted by molar-refractivity contribution is -0.135. The van der Waals surface area contributed by atoms with E-state index < -0.39 is 23.7 Å². The first-order chi connectivity index (χ1) is 20.3. The maximum Gasteiger partial charge on any atom is 0.251 e. The lowest BCUT2D eigenvalue weighted by atomic mass is 9.95. The van der Waals surface area contributed by atoms with E-state index in [0.717, 1.165) is 11.3 Å². The van der Waals surface area contributed by atoms with Crippen molar-refractivity contribution in [1.29, 1.82) is 0 Å². The predicted octanol–water partition coefficient (Wildman–Crippen LogP) is 3.66. The number of nitrogens with zero attached hydrogens (tertiary/aromatic N) is 8. The smallest absolute Gasteiger partial charge is 0.251 e. The Bertz CT molecular complexity index is 1800. The molecule has 3 aromatic heterocycles. The molecule has 42 heavy (non-hydrogen) atoms. The highest BCUT2D eigenvalue weighted by molar-refractivity contribution is 6.31. The van der Waals surface area contributed by atoms with E-state index >= 15 is 4.39 Å². The van der Waals surface area contributed by atoms with Crippen LogP contribution in [-0.4, -0.2) is 63.2 Å². The van der Waals surface area contributed by atoms with Crippen LogP contribution < -0.4 is 5.32 Å². The normalized spacial score (nSPS) is 14.8. The van der Waals surface area contributed by atoms with Crippen LogP contribution >= 0.6 is 11.6 Å². The van der Waals surface area contributed by atoms with Gasteiger partial charge in [0.25, 0.3) is 5.91 Å². The number of amides is 2. The summed E-state index contributed by atoms with van der Waals surface area (Å²) in [6.45, 7) is 2.06. The summed E-state index contributed by atoms with van der Waals surface area (Å²) in [5, 5.41) is 18.3. The van der Waals surface area contributed by atoms with Gasteiger partial charge in [0.2, 0.25) is 5.91 Å². The van der Waals surface area contributed by atoms with E-state index in [9.17, 15) is 9.59 Å². The number of anilines is 1. The Morgan fingerprint density at radius 3 is 2.71 bits per heavy atom. The standard InChI is InChI=1S/C28H24ClFN10O2/c1-16-24-22(38(2)35-16)11-14-39(26(24)28(42)34-18-5-3-17(4-6-18)27-31-12-13-32-27)23(41)10-7-19-21(40-15-33-36-37-40)9-8-20(29)25(19)30/h3-10,12-13,15,26H,11,14H2,1-2H3,(H,31,32)(H,34,42)/b10-7+/t26-/m0/s1. The molecule has 5 aromatic rings. The van der Waals surface area contributed by atoms with Gasteiger partial charge in [-0.15, -0.1) is 5.10 Å². The lowest BCUT2D eigenvalue weighted by Gasteiger charge is -2.34. The first kappa shape index (κ1) is 27.0. The van der Waals surface area contributed by atoms with Crippen LogP contribution in [0.25, 0.3) is 23.2 Å². The highest BCUT2D eigenvalue weighted by Gasteiger charge is 2.39. The number of imidazole rings is 1. The Hall–Kier alpha value is -5.17. The molecular formula is C28H24ClFN10O2. The zero-order valence-corrected chi connectivity index (χ0v) is 23.2. The Kier molecular flexibility index (Phi) is 7.08. The van der Waals surface area contributed by atoms with Gasteiger partial charge in [-0.1, -0.05) is 11.6 Å². The Morgan fingerprint density at radius 2 is 2.00 bits per heavy atom. The van der Waals surface area contributed by atoms with E-state index in [1.54, 1.807) is 42.2 Å².